The topological polar surface area (TPSA) is 17.1 Å². The van der Waals surface area contributed by atoms with Crippen LogP contribution < -0.4 is 0 Å². The van der Waals surface area contributed by atoms with Gasteiger partial charge in [0.05, 0.1) is 4.83 Å². The predicted molar refractivity (Wildman–Crippen MR) is 72.9 cm³/mol. The van der Waals surface area contributed by atoms with Crippen molar-refractivity contribution >= 4 is 45.2 Å². The Morgan fingerprint density at radius 2 is 2.00 bits per heavy atom. The molecule has 0 aliphatic heterocycles. The van der Waals surface area contributed by atoms with Gasteiger partial charge in [-0.1, -0.05) is 15.9 Å². The zero-order valence-corrected chi connectivity index (χ0v) is 12.8. The molecule has 1 aromatic rings. The van der Waals surface area contributed by atoms with Crippen LogP contribution in [-0.2, 0) is 0 Å². The Kier molecular flexibility index (Phi) is 5.61. The van der Waals surface area contributed by atoms with E-state index in [2.05, 4.69) is 15.9 Å². The van der Waals surface area contributed by atoms with E-state index in [0.29, 0.717) is 10.5 Å². The average molecular weight is 359 g/mol. The minimum Gasteiger partial charge on any atom is -0.293 e. The Hall–Kier alpha value is -0.140. The zero-order chi connectivity index (χ0) is 13.9. The van der Waals surface area contributed by atoms with Gasteiger partial charge in [0.2, 0.25) is 0 Å². The quantitative estimate of drug-likeness (QED) is 0.429. The van der Waals surface area contributed by atoms with E-state index in [1.807, 2.05) is 0 Å². The van der Waals surface area contributed by atoms with E-state index in [1.165, 1.54) is 23.9 Å². The first-order chi connectivity index (χ1) is 8.24. The standard InChI is InChI=1S/C11H10BrF3OS2/c1-6(12)10(16)8-5-7(18-11(13,14)15)3-4-9(8)17-2/h3-6H,1-2H3. The summed E-state index contributed by atoms with van der Waals surface area (Å²) in [4.78, 5) is 12.2. The third-order valence-electron chi connectivity index (χ3n) is 2.03. The molecule has 0 aliphatic rings. The van der Waals surface area contributed by atoms with Crippen LogP contribution in [0.5, 0.6) is 0 Å². The second kappa shape index (κ2) is 6.34. The van der Waals surface area contributed by atoms with Gasteiger partial charge in [0, 0.05) is 15.4 Å². The van der Waals surface area contributed by atoms with Crippen molar-refractivity contribution in [2.75, 3.05) is 6.26 Å². The molecule has 1 rings (SSSR count). The van der Waals surface area contributed by atoms with Crippen LogP contribution in [0.2, 0.25) is 0 Å². The van der Waals surface area contributed by atoms with Crippen molar-refractivity contribution < 1.29 is 18.0 Å². The number of alkyl halides is 4. The van der Waals surface area contributed by atoms with Crippen LogP contribution in [0.25, 0.3) is 0 Å². The van der Waals surface area contributed by atoms with Crippen molar-refractivity contribution in [2.24, 2.45) is 0 Å². The normalized spacial score (nSPS) is 13.4. The minimum absolute atomic E-state index is 0.0248. The molecular weight excluding hydrogens is 349 g/mol. The fraction of sp³-hybridized carbons (Fsp3) is 0.364. The van der Waals surface area contributed by atoms with Crippen LogP contribution in [-0.4, -0.2) is 22.4 Å². The molecule has 0 saturated heterocycles. The summed E-state index contributed by atoms with van der Waals surface area (Å²) in [6.07, 6.45) is 1.78. The number of hydrogen-bond acceptors (Lipinski definition) is 3. The highest BCUT2D eigenvalue weighted by molar-refractivity contribution is 9.10. The van der Waals surface area contributed by atoms with Crippen LogP contribution in [0.4, 0.5) is 13.2 Å². The number of hydrogen-bond donors (Lipinski definition) is 0. The molecule has 1 atom stereocenters. The maximum absolute atomic E-state index is 12.3. The molecule has 0 aliphatic carbocycles. The Morgan fingerprint density at radius 3 is 2.44 bits per heavy atom. The monoisotopic (exact) mass is 358 g/mol. The van der Waals surface area contributed by atoms with Gasteiger partial charge in [-0.3, -0.25) is 4.79 Å². The molecule has 7 heteroatoms. The van der Waals surface area contributed by atoms with E-state index in [4.69, 9.17) is 0 Å². The maximum atomic E-state index is 12.3. The van der Waals surface area contributed by atoms with Gasteiger partial charge in [0.15, 0.2) is 5.78 Å². The van der Waals surface area contributed by atoms with Gasteiger partial charge in [-0.15, -0.1) is 11.8 Å². The number of rotatable bonds is 4. The lowest BCUT2D eigenvalue weighted by Gasteiger charge is -2.11. The lowest BCUT2D eigenvalue weighted by Crippen LogP contribution is -2.11. The van der Waals surface area contributed by atoms with E-state index in [1.54, 1.807) is 19.2 Å². The van der Waals surface area contributed by atoms with Gasteiger partial charge in [0.25, 0.3) is 0 Å². The summed E-state index contributed by atoms with van der Waals surface area (Å²) in [5.74, 6) is -0.219. The zero-order valence-electron chi connectivity index (χ0n) is 9.55. The molecular formula is C11H10BrF3OS2. The Labute approximate surface area is 120 Å². The Balaban J connectivity index is 3.14. The molecule has 1 unspecified atom stereocenters. The van der Waals surface area contributed by atoms with Crippen LogP contribution >= 0.6 is 39.5 Å². The first-order valence-electron chi connectivity index (χ1n) is 4.86. The van der Waals surface area contributed by atoms with Crippen LogP contribution in [0.3, 0.4) is 0 Å². The smallest absolute Gasteiger partial charge is 0.293 e. The van der Waals surface area contributed by atoms with Gasteiger partial charge in [-0.05, 0) is 43.1 Å². The van der Waals surface area contributed by atoms with Gasteiger partial charge >= 0.3 is 5.51 Å². The molecule has 1 aromatic carbocycles. The van der Waals surface area contributed by atoms with Crippen molar-refractivity contribution in [3.8, 4) is 0 Å². The van der Waals surface area contributed by atoms with Crippen molar-refractivity contribution in [3.05, 3.63) is 23.8 Å². The third kappa shape index (κ3) is 4.51. The number of carbonyl (C=O) groups excluding carboxylic acids is 1. The summed E-state index contributed by atoms with van der Waals surface area (Å²) >= 11 is 4.26. The second-order valence-corrected chi connectivity index (χ2v) is 6.75. The number of carbonyl (C=O) groups is 1. The molecule has 0 saturated carbocycles. The van der Waals surface area contributed by atoms with E-state index >= 15 is 0 Å². The van der Waals surface area contributed by atoms with Crippen molar-refractivity contribution in [1.82, 2.24) is 0 Å². The SMILES string of the molecule is CSc1ccc(SC(F)(F)F)cc1C(=O)C(C)Br. The van der Waals surface area contributed by atoms with Gasteiger partial charge < -0.3 is 0 Å². The molecule has 0 fully saturated rings. The summed E-state index contributed by atoms with van der Waals surface area (Å²) < 4.78 is 36.8. The average Bonchev–Trinajstić information content (AvgIpc) is 2.25. The molecule has 0 N–H and O–H groups in total. The number of benzene rings is 1. The van der Waals surface area contributed by atoms with E-state index in [0.717, 1.165) is 0 Å². The first-order valence-corrected chi connectivity index (χ1v) is 7.82. The van der Waals surface area contributed by atoms with E-state index in [9.17, 15) is 18.0 Å². The van der Waals surface area contributed by atoms with Gasteiger partial charge in [-0.2, -0.15) is 13.2 Å². The summed E-state index contributed by atoms with van der Waals surface area (Å²) in [6, 6.07) is 4.21. The highest BCUT2D eigenvalue weighted by Gasteiger charge is 2.30. The van der Waals surface area contributed by atoms with Gasteiger partial charge in [0.1, 0.15) is 0 Å². The molecule has 100 valence electrons. The molecule has 1 nitrogen and oxygen atoms in total. The second-order valence-electron chi connectivity index (χ2n) is 3.39. The third-order valence-corrected chi connectivity index (χ3v) is 3.96. The van der Waals surface area contributed by atoms with Crippen molar-refractivity contribution in [2.45, 2.75) is 27.1 Å². The summed E-state index contributed by atoms with van der Waals surface area (Å²) in [5.41, 5.74) is -4.03. The van der Waals surface area contributed by atoms with Crippen LogP contribution in [0.15, 0.2) is 28.0 Å². The highest BCUT2D eigenvalue weighted by Crippen LogP contribution is 2.38. The fourth-order valence-corrected chi connectivity index (χ4v) is 2.70. The predicted octanol–water partition coefficient (Wildman–Crippen LogP) is 4.99. The molecule has 0 amide bonds. The number of Topliss-reactive ketones (excluding diaryl/α,β-unsaturated/α-hetero) is 1. The molecule has 0 aromatic heterocycles. The lowest BCUT2D eigenvalue weighted by molar-refractivity contribution is -0.0328. The molecule has 0 heterocycles. The van der Waals surface area contributed by atoms with E-state index in [-0.39, 0.29) is 22.4 Å². The molecule has 18 heavy (non-hydrogen) atoms. The summed E-state index contributed by atoms with van der Waals surface area (Å²) in [6.45, 7) is 1.65. The highest BCUT2D eigenvalue weighted by atomic mass is 79.9. The summed E-state index contributed by atoms with van der Waals surface area (Å²) in [7, 11) is 0. The molecule has 0 spiro atoms. The van der Waals surface area contributed by atoms with E-state index < -0.39 is 10.3 Å². The largest absolute Gasteiger partial charge is 0.446 e. The Bertz CT molecular complexity index is 446. The number of ketones is 1. The maximum Gasteiger partial charge on any atom is 0.446 e. The van der Waals surface area contributed by atoms with Gasteiger partial charge in [-0.25, -0.2) is 0 Å². The van der Waals surface area contributed by atoms with Crippen molar-refractivity contribution in [1.29, 1.82) is 0 Å². The fourth-order valence-electron chi connectivity index (χ4n) is 1.29. The minimum atomic E-state index is -4.35. The van der Waals surface area contributed by atoms with Crippen LogP contribution in [0, 0.1) is 0 Å². The Morgan fingerprint density at radius 1 is 1.39 bits per heavy atom. The lowest BCUT2D eigenvalue weighted by atomic mass is 10.1. The number of halogens is 4. The van der Waals surface area contributed by atoms with Crippen molar-refractivity contribution in [3.63, 3.8) is 0 Å². The van der Waals surface area contributed by atoms with Crippen LogP contribution in [0.1, 0.15) is 17.3 Å². The molecule has 0 radical (unpaired) electrons. The molecule has 0 bridgehead atoms. The summed E-state index contributed by atoms with van der Waals surface area (Å²) in [5, 5.41) is 0. The number of thioether (sulfide) groups is 2. The first kappa shape index (κ1) is 15.9.